The van der Waals surface area contributed by atoms with Gasteiger partial charge in [0, 0.05) is 51.7 Å². The number of oxazole rings is 1. The normalized spacial score (nSPS) is 12.1. The molecule has 3 aromatic heterocycles. The average molecular weight is 487 g/mol. The molecule has 0 aliphatic rings. The minimum Gasteiger partial charge on any atom is -0.497 e. The molecule has 2 aromatic carbocycles. The van der Waals surface area contributed by atoms with Crippen LogP contribution >= 0.6 is 11.6 Å². The first-order valence-electron chi connectivity index (χ1n) is 11.0. The number of rotatable bonds is 7. The Balaban J connectivity index is 1.67. The summed E-state index contributed by atoms with van der Waals surface area (Å²) in [5, 5.41) is 1.52. The van der Waals surface area contributed by atoms with Gasteiger partial charge in [-0.2, -0.15) is 0 Å². The molecular weight excluding hydrogens is 464 g/mol. The van der Waals surface area contributed by atoms with Crippen molar-refractivity contribution in [1.29, 1.82) is 0 Å². The summed E-state index contributed by atoms with van der Waals surface area (Å²) in [6.07, 6.45) is 4.89. The maximum absolute atomic E-state index is 12.9. The Morgan fingerprint density at radius 2 is 2.00 bits per heavy atom. The Morgan fingerprint density at radius 1 is 1.20 bits per heavy atom. The lowest BCUT2D eigenvalue weighted by Crippen LogP contribution is -2.23. The van der Waals surface area contributed by atoms with Crippen molar-refractivity contribution in [2.75, 3.05) is 7.11 Å². The second kappa shape index (κ2) is 9.27. The molecule has 1 amide bonds. The fourth-order valence-electron chi connectivity index (χ4n) is 4.41. The minimum absolute atomic E-state index is 0.229. The molecule has 0 aliphatic carbocycles. The molecule has 0 saturated heterocycles. The van der Waals surface area contributed by atoms with Crippen molar-refractivity contribution in [3.8, 4) is 17.0 Å². The Kier molecular flexibility index (Phi) is 6.01. The highest BCUT2D eigenvalue weighted by Gasteiger charge is 2.32. The van der Waals surface area contributed by atoms with E-state index in [1.165, 1.54) is 6.26 Å². The highest BCUT2D eigenvalue weighted by molar-refractivity contribution is 6.30. The van der Waals surface area contributed by atoms with E-state index in [2.05, 4.69) is 14.5 Å². The SMILES string of the molecule is COc1ccc2c(c1)c(C(C(N)=O)c1nc(-c3cccnc3)co1)c(C)n2Cc1ccc(Cl)cc1. The molecule has 1 atom stereocenters. The van der Waals surface area contributed by atoms with Gasteiger partial charge >= 0.3 is 0 Å². The van der Waals surface area contributed by atoms with Gasteiger partial charge in [-0.1, -0.05) is 23.7 Å². The van der Waals surface area contributed by atoms with Gasteiger partial charge < -0.3 is 19.5 Å². The summed E-state index contributed by atoms with van der Waals surface area (Å²) in [7, 11) is 1.61. The van der Waals surface area contributed by atoms with Crippen LogP contribution in [0.3, 0.4) is 0 Å². The molecule has 0 saturated carbocycles. The molecule has 5 rings (SSSR count). The maximum Gasteiger partial charge on any atom is 0.234 e. The molecule has 7 nitrogen and oxygen atoms in total. The second-order valence-corrected chi connectivity index (χ2v) is 8.68. The smallest absolute Gasteiger partial charge is 0.234 e. The van der Waals surface area contributed by atoms with Crippen molar-refractivity contribution in [2.24, 2.45) is 5.73 Å². The number of amides is 1. The Bertz CT molecular complexity index is 1510. The molecular formula is C27H23ClN4O3. The van der Waals surface area contributed by atoms with E-state index in [0.29, 0.717) is 23.0 Å². The van der Waals surface area contributed by atoms with Crippen LogP contribution in [-0.4, -0.2) is 27.6 Å². The van der Waals surface area contributed by atoms with Gasteiger partial charge in [0.05, 0.1) is 7.11 Å². The van der Waals surface area contributed by atoms with Crippen LogP contribution in [0.2, 0.25) is 5.02 Å². The lowest BCUT2D eigenvalue weighted by atomic mass is 9.95. The topological polar surface area (TPSA) is 96.2 Å². The molecule has 0 radical (unpaired) electrons. The molecule has 5 aromatic rings. The van der Waals surface area contributed by atoms with Crippen LogP contribution in [0.5, 0.6) is 5.75 Å². The van der Waals surface area contributed by atoms with E-state index in [9.17, 15) is 4.79 Å². The summed E-state index contributed by atoms with van der Waals surface area (Å²) in [6.45, 7) is 2.56. The second-order valence-electron chi connectivity index (χ2n) is 8.24. The van der Waals surface area contributed by atoms with Gasteiger partial charge in [-0.25, -0.2) is 4.98 Å². The van der Waals surface area contributed by atoms with Gasteiger partial charge in [0.25, 0.3) is 0 Å². The maximum atomic E-state index is 12.9. The third kappa shape index (κ3) is 4.26. The number of pyridine rings is 1. The first kappa shape index (κ1) is 22.7. The van der Waals surface area contributed by atoms with Crippen molar-refractivity contribution >= 4 is 28.4 Å². The molecule has 8 heteroatoms. The predicted molar refractivity (Wildman–Crippen MR) is 135 cm³/mol. The van der Waals surface area contributed by atoms with Crippen LogP contribution in [0.15, 0.2) is 77.7 Å². The number of methoxy groups -OCH3 is 1. The van der Waals surface area contributed by atoms with Crippen LogP contribution in [0.25, 0.3) is 22.2 Å². The van der Waals surface area contributed by atoms with E-state index < -0.39 is 11.8 Å². The first-order chi connectivity index (χ1) is 17.0. The number of hydrogen-bond donors (Lipinski definition) is 1. The van der Waals surface area contributed by atoms with E-state index in [1.807, 2.05) is 61.5 Å². The third-order valence-corrected chi connectivity index (χ3v) is 6.38. The molecule has 3 heterocycles. The fraction of sp³-hybridized carbons (Fsp3) is 0.148. The van der Waals surface area contributed by atoms with Crippen LogP contribution in [-0.2, 0) is 11.3 Å². The van der Waals surface area contributed by atoms with E-state index in [-0.39, 0.29) is 5.89 Å². The summed E-state index contributed by atoms with van der Waals surface area (Å²) >= 11 is 6.08. The number of primary amides is 1. The molecule has 0 aliphatic heterocycles. The first-order valence-corrected chi connectivity index (χ1v) is 11.4. The van der Waals surface area contributed by atoms with Gasteiger partial charge in [0.15, 0.2) is 0 Å². The van der Waals surface area contributed by atoms with Crippen molar-refractivity contribution in [3.05, 3.63) is 101 Å². The summed E-state index contributed by atoms with van der Waals surface area (Å²) in [6, 6.07) is 17.2. The number of halogens is 1. The van der Waals surface area contributed by atoms with Crippen molar-refractivity contribution in [3.63, 3.8) is 0 Å². The lowest BCUT2D eigenvalue weighted by molar-refractivity contribution is -0.118. The van der Waals surface area contributed by atoms with Crippen molar-refractivity contribution < 1.29 is 13.9 Å². The average Bonchev–Trinajstić information content (AvgIpc) is 3.45. The quantitative estimate of drug-likeness (QED) is 0.335. The van der Waals surface area contributed by atoms with Crippen molar-refractivity contribution in [1.82, 2.24) is 14.5 Å². The Morgan fingerprint density at radius 3 is 2.69 bits per heavy atom. The largest absolute Gasteiger partial charge is 0.497 e. The summed E-state index contributed by atoms with van der Waals surface area (Å²) in [4.78, 5) is 21.6. The van der Waals surface area contributed by atoms with Crippen molar-refractivity contribution in [2.45, 2.75) is 19.4 Å². The number of carbonyl (C=O) groups excluding carboxylic acids is 1. The third-order valence-electron chi connectivity index (χ3n) is 6.13. The number of carbonyl (C=O) groups is 1. The molecule has 1 unspecified atom stereocenters. The van der Waals surface area contributed by atoms with E-state index in [1.54, 1.807) is 19.5 Å². The summed E-state index contributed by atoms with van der Waals surface area (Å²) < 4.78 is 13.4. The van der Waals surface area contributed by atoms with E-state index >= 15 is 0 Å². The van der Waals surface area contributed by atoms with Crippen LogP contribution in [0, 0.1) is 6.92 Å². The van der Waals surface area contributed by atoms with Gasteiger partial charge in [0.1, 0.15) is 23.6 Å². The van der Waals surface area contributed by atoms with Gasteiger partial charge in [0.2, 0.25) is 11.8 Å². The van der Waals surface area contributed by atoms with Crippen LogP contribution in [0.1, 0.15) is 28.6 Å². The molecule has 0 fully saturated rings. The monoisotopic (exact) mass is 486 g/mol. The van der Waals surface area contributed by atoms with Gasteiger partial charge in [-0.05, 0) is 55.0 Å². The number of ether oxygens (including phenoxy) is 1. The van der Waals surface area contributed by atoms with E-state index in [4.69, 9.17) is 26.5 Å². The van der Waals surface area contributed by atoms with Crippen LogP contribution in [0.4, 0.5) is 0 Å². The number of hydrogen-bond acceptors (Lipinski definition) is 5. The zero-order valence-electron chi connectivity index (χ0n) is 19.2. The van der Waals surface area contributed by atoms with E-state index in [0.717, 1.165) is 33.3 Å². The molecule has 0 spiro atoms. The molecule has 176 valence electrons. The highest BCUT2D eigenvalue weighted by atomic mass is 35.5. The zero-order valence-corrected chi connectivity index (χ0v) is 20.0. The molecule has 0 bridgehead atoms. The number of aromatic nitrogens is 3. The molecule has 35 heavy (non-hydrogen) atoms. The molecule has 2 N–H and O–H groups in total. The Labute approximate surface area is 207 Å². The van der Waals surface area contributed by atoms with Crippen LogP contribution < -0.4 is 10.5 Å². The fourth-order valence-corrected chi connectivity index (χ4v) is 4.54. The van der Waals surface area contributed by atoms with Gasteiger partial charge in [-0.3, -0.25) is 9.78 Å². The lowest BCUT2D eigenvalue weighted by Gasteiger charge is -2.13. The highest BCUT2D eigenvalue weighted by Crippen LogP contribution is 2.38. The number of benzene rings is 2. The number of fused-ring (bicyclic) bond motifs is 1. The Hall–Kier alpha value is -4.10. The number of nitrogens with zero attached hydrogens (tertiary/aromatic N) is 3. The minimum atomic E-state index is -0.888. The van der Waals surface area contributed by atoms with Gasteiger partial charge in [-0.15, -0.1) is 0 Å². The zero-order chi connectivity index (χ0) is 24.5. The standard InChI is InChI=1S/C27H23ClN4O3/c1-16-24(25(26(29)33)27-31-22(15-35-27)18-4-3-11-30-13-18)21-12-20(34-2)9-10-23(21)32(16)14-17-5-7-19(28)8-6-17/h3-13,15,25H,14H2,1-2H3,(H2,29,33). The summed E-state index contributed by atoms with van der Waals surface area (Å²) in [5.74, 6) is -0.538. The number of nitrogens with two attached hydrogens (primary N) is 1. The summed E-state index contributed by atoms with van der Waals surface area (Å²) in [5.41, 5.74) is 11.0. The predicted octanol–water partition coefficient (Wildman–Crippen LogP) is 5.33.